The van der Waals surface area contributed by atoms with E-state index in [9.17, 15) is 0 Å². The highest BCUT2D eigenvalue weighted by molar-refractivity contribution is 7.99. The molecule has 0 amide bonds. The van der Waals surface area contributed by atoms with E-state index >= 15 is 0 Å². The van der Waals surface area contributed by atoms with Gasteiger partial charge in [0.15, 0.2) is 0 Å². The first kappa shape index (κ1) is 11.6. The molecule has 1 aliphatic heterocycles. The minimum atomic E-state index is 0.408. The molecule has 2 aromatic rings. The monoisotopic (exact) mass is 256 g/mol. The molecule has 3 rings (SSSR count). The van der Waals surface area contributed by atoms with Crippen molar-refractivity contribution >= 4 is 17.4 Å². The Bertz CT molecular complexity index is 554. The highest BCUT2D eigenvalue weighted by atomic mass is 32.2. The molecule has 0 radical (unpaired) electrons. The van der Waals surface area contributed by atoms with Crippen LogP contribution >= 0.6 is 11.8 Å². The van der Waals surface area contributed by atoms with E-state index in [-0.39, 0.29) is 0 Å². The maximum Gasteiger partial charge on any atom is 0.0561 e. The van der Waals surface area contributed by atoms with Crippen molar-refractivity contribution in [2.24, 2.45) is 0 Å². The van der Waals surface area contributed by atoms with E-state index in [2.05, 4.69) is 41.5 Å². The second kappa shape index (κ2) is 5.02. The summed E-state index contributed by atoms with van der Waals surface area (Å²) in [4.78, 5) is 5.60. The third-order valence-corrected chi connectivity index (χ3v) is 4.45. The number of thioether (sulfide) groups is 1. The second-order valence-electron chi connectivity index (χ2n) is 4.56. The molecule has 92 valence electrons. The number of nitrogens with one attached hydrogen (secondary N) is 1. The Morgan fingerprint density at radius 3 is 3.06 bits per heavy atom. The van der Waals surface area contributed by atoms with Gasteiger partial charge in [0, 0.05) is 16.8 Å². The first-order valence-electron chi connectivity index (χ1n) is 6.23. The summed E-state index contributed by atoms with van der Waals surface area (Å²) in [5.41, 5.74) is 3.81. The highest BCUT2D eigenvalue weighted by Crippen LogP contribution is 2.37. The Balaban J connectivity index is 1.89. The molecule has 0 spiro atoms. The van der Waals surface area contributed by atoms with E-state index in [1.54, 1.807) is 0 Å². The van der Waals surface area contributed by atoms with Gasteiger partial charge in [0.1, 0.15) is 0 Å². The molecule has 18 heavy (non-hydrogen) atoms. The van der Waals surface area contributed by atoms with Gasteiger partial charge in [-0.3, -0.25) is 4.98 Å². The summed E-state index contributed by atoms with van der Waals surface area (Å²) in [5.74, 6) is 1.17. The van der Waals surface area contributed by atoms with E-state index in [1.807, 2.05) is 30.2 Å². The zero-order chi connectivity index (χ0) is 12.4. The third kappa shape index (κ3) is 2.23. The van der Waals surface area contributed by atoms with E-state index in [0.29, 0.717) is 6.04 Å². The average molecular weight is 256 g/mol. The maximum absolute atomic E-state index is 4.20. The quantitative estimate of drug-likeness (QED) is 0.877. The SMILES string of the molecule is Cc1ccncc1NC1CCSc2ccccc21. The summed E-state index contributed by atoms with van der Waals surface area (Å²) >= 11 is 1.95. The fourth-order valence-corrected chi connectivity index (χ4v) is 3.42. The lowest BCUT2D eigenvalue weighted by atomic mass is 10.0. The van der Waals surface area contributed by atoms with Crippen LogP contribution in [0.5, 0.6) is 0 Å². The number of aromatic nitrogens is 1. The maximum atomic E-state index is 4.20. The number of hydrogen-bond donors (Lipinski definition) is 1. The van der Waals surface area contributed by atoms with E-state index < -0.39 is 0 Å². The summed E-state index contributed by atoms with van der Waals surface area (Å²) in [7, 11) is 0. The Kier molecular flexibility index (Phi) is 3.24. The number of anilines is 1. The lowest BCUT2D eigenvalue weighted by Crippen LogP contribution is -2.16. The molecule has 0 aliphatic carbocycles. The molecule has 1 aliphatic rings. The highest BCUT2D eigenvalue weighted by Gasteiger charge is 2.20. The summed E-state index contributed by atoms with van der Waals surface area (Å²) in [6, 6.07) is 11.1. The van der Waals surface area contributed by atoms with Gasteiger partial charge in [0.05, 0.1) is 17.9 Å². The number of pyridine rings is 1. The Morgan fingerprint density at radius 1 is 1.28 bits per heavy atom. The van der Waals surface area contributed by atoms with Crippen LogP contribution in [0.25, 0.3) is 0 Å². The van der Waals surface area contributed by atoms with Crippen LogP contribution in [0.3, 0.4) is 0 Å². The largest absolute Gasteiger partial charge is 0.377 e. The zero-order valence-corrected chi connectivity index (χ0v) is 11.2. The summed E-state index contributed by atoms with van der Waals surface area (Å²) in [6.07, 6.45) is 4.92. The van der Waals surface area contributed by atoms with Gasteiger partial charge in [0.25, 0.3) is 0 Å². The van der Waals surface area contributed by atoms with Gasteiger partial charge in [-0.2, -0.15) is 0 Å². The lowest BCUT2D eigenvalue weighted by Gasteiger charge is -2.27. The van der Waals surface area contributed by atoms with Gasteiger partial charge in [-0.15, -0.1) is 11.8 Å². The van der Waals surface area contributed by atoms with Gasteiger partial charge < -0.3 is 5.32 Å². The smallest absolute Gasteiger partial charge is 0.0561 e. The molecule has 0 bridgehead atoms. The van der Waals surface area contributed by atoms with Crippen LogP contribution in [0.4, 0.5) is 5.69 Å². The first-order valence-corrected chi connectivity index (χ1v) is 7.22. The zero-order valence-electron chi connectivity index (χ0n) is 10.4. The van der Waals surface area contributed by atoms with Crippen LogP contribution < -0.4 is 5.32 Å². The molecule has 1 aromatic heterocycles. The van der Waals surface area contributed by atoms with E-state index in [0.717, 1.165) is 12.1 Å². The van der Waals surface area contributed by atoms with Gasteiger partial charge >= 0.3 is 0 Å². The number of aryl methyl sites for hydroxylation is 1. The minimum Gasteiger partial charge on any atom is -0.377 e. The fourth-order valence-electron chi connectivity index (χ4n) is 2.29. The predicted molar refractivity (Wildman–Crippen MR) is 77.1 cm³/mol. The molecule has 2 heterocycles. The molecular formula is C15H16N2S. The van der Waals surface area contributed by atoms with Crippen molar-refractivity contribution in [3.05, 3.63) is 53.9 Å². The van der Waals surface area contributed by atoms with Crippen molar-refractivity contribution in [1.29, 1.82) is 0 Å². The number of fused-ring (bicyclic) bond motifs is 1. The molecule has 1 unspecified atom stereocenters. The number of benzene rings is 1. The predicted octanol–water partition coefficient (Wildman–Crippen LogP) is 4.04. The normalized spacial score (nSPS) is 18.2. The van der Waals surface area contributed by atoms with Crippen molar-refractivity contribution in [3.63, 3.8) is 0 Å². The van der Waals surface area contributed by atoms with E-state index in [1.165, 1.54) is 21.8 Å². The standard InChI is InChI=1S/C15H16N2S/c1-11-6-8-16-10-14(11)17-13-7-9-18-15-5-3-2-4-12(13)15/h2-6,8,10,13,17H,7,9H2,1H3. The van der Waals surface area contributed by atoms with Crippen LogP contribution in [0.1, 0.15) is 23.6 Å². The van der Waals surface area contributed by atoms with Crippen molar-refractivity contribution in [1.82, 2.24) is 4.98 Å². The number of nitrogens with zero attached hydrogens (tertiary/aromatic N) is 1. The molecule has 1 aromatic carbocycles. The van der Waals surface area contributed by atoms with Crippen LogP contribution in [0.15, 0.2) is 47.6 Å². The van der Waals surface area contributed by atoms with Gasteiger partial charge in [-0.05, 0) is 36.6 Å². The van der Waals surface area contributed by atoms with Crippen molar-refractivity contribution in [3.8, 4) is 0 Å². The van der Waals surface area contributed by atoms with Crippen molar-refractivity contribution in [2.75, 3.05) is 11.1 Å². The topological polar surface area (TPSA) is 24.9 Å². The van der Waals surface area contributed by atoms with Crippen LogP contribution in [0.2, 0.25) is 0 Å². The van der Waals surface area contributed by atoms with E-state index in [4.69, 9.17) is 0 Å². The molecule has 0 fully saturated rings. The second-order valence-corrected chi connectivity index (χ2v) is 5.70. The van der Waals surface area contributed by atoms with Crippen LogP contribution in [-0.4, -0.2) is 10.7 Å². The summed E-state index contributed by atoms with van der Waals surface area (Å²) in [5, 5.41) is 3.63. The number of rotatable bonds is 2. The Labute approximate surface area is 112 Å². The summed E-state index contributed by atoms with van der Waals surface area (Å²) in [6.45, 7) is 2.12. The lowest BCUT2D eigenvalue weighted by molar-refractivity contribution is 0.727. The fraction of sp³-hybridized carbons (Fsp3) is 0.267. The van der Waals surface area contributed by atoms with Gasteiger partial charge in [0.2, 0.25) is 0 Å². The van der Waals surface area contributed by atoms with Gasteiger partial charge in [-0.25, -0.2) is 0 Å². The average Bonchev–Trinajstić information content (AvgIpc) is 2.42. The molecule has 0 saturated carbocycles. The molecule has 0 saturated heterocycles. The third-order valence-electron chi connectivity index (χ3n) is 3.33. The van der Waals surface area contributed by atoms with Gasteiger partial charge in [-0.1, -0.05) is 18.2 Å². The molecule has 1 atom stereocenters. The molecule has 1 N–H and O–H groups in total. The van der Waals surface area contributed by atoms with Crippen molar-refractivity contribution < 1.29 is 0 Å². The Hall–Kier alpha value is -1.48. The van der Waals surface area contributed by atoms with Crippen LogP contribution in [0, 0.1) is 6.92 Å². The molecule has 2 nitrogen and oxygen atoms in total. The van der Waals surface area contributed by atoms with Crippen LogP contribution in [-0.2, 0) is 0 Å². The first-order chi connectivity index (χ1) is 8.84. The summed E-state index contributed by atoms with van der Waals surface area (Å²) < 4.78 is 0. The Morgan fingerprint density at radius 2 is 2.17 bits per heavy atom. The molecule has 3 heteroatoms. The van der Waals surface area contributed by atoms with Crippen molar-refractivity contribution in [2.45, 2.75) is 24.3 Å². The number of hydrogen-bond acceptors (Lipinski definition) is 3. The molecular weight excluding hydrogens is 240 g/mol. The minimum absolute atomic E-state index is 0.408.